The van der Waals surface area contributed by atoms with Crippen LogP contribution in [-0.4, -0.2) is 46.0 Å². The van der Waals surface area contributed by atoms with E-state index in [4.69, 9.17) is 9.47 Å². The van der Waals surface area contributed by atoms with E-state index in [1.807, 2.05) is 0 Å². The van der Waals surface area contributed by atoms with Crippen LogP contribution in [0.5, 0.6) is 5.75 Å². The Balaban J connectivity index is 1.60. The smallest absolute Gasteiger partial charge is 0.119 e. The van der Waals surface area contributed by atoms with Crippen LogP contribution in [0, 0.1) is 12.8 Å². The molecule has 1 aromatic carbocycles. The molecule has 1 atom stereocenters. The first-order valence-electron chi connectivity index (χ1n) is 7.60. The Morgan fingerprint density at radius 1 is 1.35 bits per heavy atom. The van der Waals surface area contributed by atoms with Crippen LogP contribution < -0.4 is 15.0 Å². The minimum Gasteiger partial charge on any atom is -0.493 e. The van der Waals surface area contributed by atoms with Crippen LogP contribution in [0.2, 0.25) is 0 Å². The summed E-state index contributed by atoms with van der Waals surface area (Å²) in [6.07, 6.45) is 1.12. The minimum atomic E-state index is 0.558. The van der Waals surface area contributed by atoms with Crippen LogP contribution in [0.3, 0.4) is 0 Å². The van der Waals surface area contributed by atoms with Gasteiger partial charge in [-0.15, -0.1) is 0 Å². The molecule has 2 saturated heterocycles. The van der Waals surface area contributed by atoms with Crippen molar-refractivity contribution in [1.29, 1.82) is 0 Å². The average Bonchev–Trinajstić information content (AvgIpc) is 2.99. The van der Waals surface area contributed by atoms with Crippen molar-refractivity contribution in [2.45, 2.75) is 13.3 Å². The molecule has 1 aromatic rings. The summed E-state index contributed by atoms with van der Waals surface area (Å²) < 4.78 is 11.3. The fourth-order valence-electron chi connectivity index (χ4n) is 2.91. The molecule has 0 amide bonds. The molecule has 1 N–H and O–H groups in total. The van der Waals surface area contributed by atoms with Gasteiger partial charge in [0.1, 0.15) is 5.75 Å². The van der Waals surface area contributed by atoms with Gasteiger partial charge in [-0.2, -0.15) is 0 Å². The highest BCUT2D eigenvalue weighted by molar-refractivity contribution is 5.56. The SMILES string of the molecule is Cc1cc(OCC2CCOC2)ccc1N1CCNCC1. The summed E-state index contributed by atoms with van der Waals surface area (Å²) in [4.78, 5) is 2.44. The summed E-state index contributed by atoms with van der Waals surface area (Å²) in [6.45, 7) is 8.97. The molecule has 0 aliphatic carbocycles. The highest BCUT2D eigenvalue weighted by Gasteiger charge is 2.17. The van der Waals surface area contributed by atoms with Crippen molar-refractivity contribution in [3.05, 3.63) is 23.8 Å². The van der Waals surface area contributed by atoms with Crippen LogP contribution >= 0.6 is 0 Å². The molecule has 2 heterocycles. The van der Waals surface area contributed by atoms with Gasteiger partial charge in [-0.25, -0.2) is 0 Å². The minimum absolute atomic E-state index is 0.558. The normalized spacial score (nSPS) is 23.1. The van der Waals surface area contributed by atoms with E-state index >= 15 is 0 Å². The fraction of sp³-hybridized carbons (Fsp3) is 0.625. The van der Waals surface area contributed by atoms with E-state index in [0.717, 1.165) is 58.2 Å². The Bertz CT molecular complexity index is 438. The second-order valence-corrected chi connectivity index (χ2v) is 5.73. The van der Waals surface area contributed by atoms with Gasteiger partial charge in [-0.3, -0.25) is 0 Å². The summed E-state index contributed by atoms with van der Waals surface area (Å²) in [5.74, 6) is 1.54. The largest absolute Gasteiger partial charge is 0.493 e. The molecule has 0 spiro atoms. The highest BCUT2D eigenvalue weighted by atomic mass is 16.5. The van der Waals surface area contributed by atoms with E-state index in [1.165, 1.54) is 11.3 Å². The van der Waals surface area contributed by atoms with Crippen LogP contribution in [0.4, 0.5) is 5.69 Å². The summed E-state index contributed by atoms with van der Waals surface area (Å²) in [7, 11) is 0. The zero-order chi connectivity index (χ0) is 13.8. The molecule has 0 aromatic heterocycles. The summed E-state index contributed by atoms with van der Waals surface area (Å²) >= 11 is 0. The van der Waals surface area contributed by atoms with Crippen molar-refractivity contribution in [3.8, 4) is 5.75 Å². The van der Waals surface area contributed by atoms with Gasteiger partial charge in [0.2, 0.25) is 0 Å². The number of anilines is 1. The van der Waals surface area contributed by atoms with Crippen molar-refractivity contribution in [2.24, 2.45) is 5.92 Å². The Labute approximate surface area is 121 Å². The second-order valence-electron chi connectivity index (χ2n) is 5.73. The Kier molecular flexibility index (Phi) is 4.43. The number of benzene rings is 1. The van der Waals surface area contributed by atoms with Gasteiger partial charge in [-0.1, -0.05) is 0 Å². The molecule has 0 saturated carbocycles. The van der Waals surface area contributed by atoms with E-state index in [0.29, 0.717) is 5.92 Å². The molecular weight excluding hydrogens is 252 g/mol. The third-order valence-corrected chi connectivity index (χ3v) is 4.14. The van der Waals surface area contributed by atoms with E-state index in [2.05, 4.69) is 35.3 Å². The van der Waals surface area contributed by atoms with Gasteiger partial charge in [0, 0.05) is 44.4 Å². The van der Waals surface area contributed by atoms with Crippen molar-refractivity contribution in [1.82, 2.24) is 5.32 Å². The van der Waals surface area contributed by atoms with Gasteiger partial charge in [0.25, 0.3) is 0 Å². The zero-order valence-corrected chi connectivity index (χ0v) is 12.2. The Hall–Kier alpha value is -1.26. The number of nitrogens with zero attached hydrogens (tertiary/aromatic N) is 1. The van der Waals surface area contributed by atoms with Crippen LogP contribution in [0.1, 0.15) is 12.0 Å². The molecule has 20 heavy (non-hydrogen) atoms. The molecule has 2 fully saturated rings. The number of aryl methyl sites for hydroxylation is 1. The van der Waals surface area contributed by atoms with Crippen molar-refractivity contribution in [3.63, 3.8) is 0 Å². The van der Waals surface area contributed by atoms with Gasteiger partial charge in [-0.05, 0) is 37.1 Å². The molecule has 1 unspecified atom stereocenters. The van der Waals surface area contributed by atoms with Crippen molar-refractivity contribution >= 4 is 5.69 Å². The monoisotopic (exact) mass is 276 g/mol. The van der Waals surface area contributed by atoms with Gasteiger partial charge >= 0.3 is 0 Å². The lowest BCUT2D eigenvalue weighted by molar-refractivity contribution is 0.167. The number of ether oxygens (including phenoxy) is 2. The zero-order valence-electron chi connectivity index (χ0n) is 12.2. The summed E-state index contributed by atoms with van der Waals surface area (Å²) in [5.41, 5.74) is 2.63. The Morgan fingerprint density at radius 3 is 2.90 bits per heavy atom. The predicted molar refractivity (Wildman–Crippen MR) is 80.7 cm³/mol. The lowest BCUT2D eigenvalue weighted by Crippen LogP contribution is -2.43. The van der Waals surface area contributed by atoms with E-state index < -0.39 is 0 Å². The lowest BCUT2D eigenvalue weighted by Gasteiger charge is -2.30. The summed E-state index contributed by atoms with van der Waals surface area (Å²) in [6, 6.07) is 6.45. The quantitative estimate of drug-likeness (QED) is 0.909. The van der Waals surface area contributed by atoms with Crippen LogP contribution in [-0.2, 0) is 4.74 Å². The third kappa shape index (κ3) is 3.25. The first-order valence-corrected chi connectivity index (χ1v) is 7.60. The number of hydrogen-bond acceptors (Lipinski definition) is 4. The third-order valence-electron chi connectivity index (χ3n) is 4.14. The first kappa shape index (κ1) is 13.7. The first-order chi connectivity index (χ1) is 9.83. The Morgan fingerprint density at radius 2 is 2.20 bits per heavy atom. The number of rotatable bonds is 4. The topological polar surface area (TPSA) is 33.7 Å². The predicted octanol–water partition coefficient (Wildman–Crippen LogP) is 1.82. The maximum Gasteiger partial charge on any atom is 0.119 e. The molecule has 2 aliphatic heterocycles. The molecule has 3 rings (SSSR count). The number of piperazine rings is 1. The number of nitrogens with one attached hydrogen (secondary N) is 1. The molecular formula is C16H24N2O2. The fourth-order valence-corrected chi connectivity index (χ4v) is 2.91. The van der Waals surface area contributed by atoms with Crippen LogP contribution in [0.25, 0.3) is 0 Å². The lowest BCUT2D eigenvalue weighted by atomic mass is 10.1. The van der Waals surface area contributed by atoms with Gasteiger partial charge in [0.15, 0.2) is 0 Å². The van der Waals surface area contributed by atoms with Gasteiger partial charge < -0.3 is 19.7 Å². The number of hydrogen-bond donors (Lipinski definition) is 1. The van der Waals surface area contributed by atoms with Crippen LogP contribution in [0.15, 0.2) is 18.2 Å². The molecule has 0 bridgehead atoms. The van der Waals surface area contributed by atoms with Gasteiger partial charge in [0.05, 0.1) is 13.2 Å². The van der Waals surface area contributed by atoms with E-state index in [-0.39, 0.29) is 0 Å². The maximum absolute atomic E-state index is 5.90. The second kappa shape index (κ2) is 6.46. The van der Waals surface area contributed by atoms with E-state index in [9.17, 15) is 0 Å². The summed E-state index contributed by atoms with van der Waals surface area (Å²) in [5, 5.41) is 3.39. The van der Waals surface area contributed by atoms with E-state index in [1.54, 1.807) is 0 Å². The van der Waals surface area contributed by atoms with Crippen molar-refractivity contribution in [2.75, 3.05) is 50.9 Å². The van der Waals surface area contributed by atoms with Crippen molar-refractivity contribution < 1.29 is 9.47 Å². The molecule has 2 aliphatic rings. The highest BCUT2D eigenvalue weighted by Crippen LogP contribution is 2.26. The molecule has 110 valence electrons. The molecule has 4 nitrogen and oxygen atoms in total. The maximum atomic E-state index is 5.90. The standard InChI is InChI=1S/C16H24N2O2/c1-13-10-15(20-12-14-4-9-19-11-14)2-3-16(13)18-7-5-17-6-8-18/h2-3,10,14,17H,4-9,11-12H2,1H3. The molecule has 4 heteroatoms. The average molecular weight is 276 g/mol. The molecule has 0 radical (unpaired) electrons.